The molecule has 122 valence electrons. The second-order valence-corrected chi connectivity index (χ2v) is 7.05. The van der Waals surface area contributed by atoms with Gasteiger partial charge in [-0.25, -0.2) is 0 Å². The summed E-state index contributed by atoms with van der Waals surface area (Å²) in [4.78, 5) is 0. The minimum Gasteiger partial charge on any atom is -0.0802 e. The van der Waals surface area contributed by atoms with E-state index in [2.05, 4.69) is 72.8 Å². The maximum Gasteiger partial charge on any atom is -0.00264 e. The molecular formula is C25H22. The Bertz CT molecular complexity index is 1080. The van der Waals surface area contributed by atoms with Gasteiger partial charge in [-0.15, -0.1) is 0 Å². The Labute approximate surface area is 148 Å². The van der Waals surface area contributed by atoms with Crippen molar-refractivity contribution in [1.82, 2.24) is 0 Å². The van der Waals surface area contributed by atoms with Crippen molar-refractivity contribution in [1.29, 1.82) is 0 Å². The lowest BCUT2D eigenvalue weighted by Gasteiger charge is -2.14. The van der Waals surface area contributed by atoms with Gasteiger partial charge in [0.25, 0.3) is 0 Å². The number of benzene rings is 4. The Morgan fingerprint density at radius 2 is 1.32 bits per heavy atom. The lowest BCUT2D eigenvalue weighted by Crippen LogP contribution is -1.90. The molecule has 2 atom stereocenters. The second-order valence-electron chi connectivity index (χ2n) is 7.05. The van der Waals surface area contributed by atoms with Gasteiger partial charge in [-0.3, -0.25) is 0 Å². The van der Waals surface area contributed by atoms with Crippen molar-refractivity contribution in [2.75, 3.05) is 0 Å². The number of allylic oxidation sites excluding steroid dienone is 4. The summed E-state index contributed by atoms with van der Waals surface area (Å²) < 4.78 is 0. The van der Waals surface area contributed by atoms with E-state index in [1.54, 1.807) is 0 Å². The molecule has 6 rings (SSSR count). The van der Waals surface area contributed by atoms with Crippen molar-refractivity contribution in [2.45, 2.75) is 20.3 Å². The summed E-state index contributed by atoms with van der Waals surface area (Å²) >= 11 is 0. The van der Waals surface area contributed by atoms with Crippen molar-refractivity contribution in [3.8, 4) is 0 Å². The van der Waals surface area contributed by atoms with Crippen LogP contribution in [0.5, 0.6) is 0 Å². The lowest BCUT2D eigenvalue weighted by atomic mass is 9.90. The molecule has 2 aliphatic rings. The zero-order valence-electron chi connectivity index (χ0n) is 14.8. The summed E-state index contributed by atoms with van der Waals surface area (Å²) in [5.41, 5.74) is 2.76. The summed E-state index contributed by atoms with van der Waals surface area (Å²) in [5, 5.41) is 8.21. The molecule has 4 aromatic rings. The fraction of sp³-hybridized carbons (Fsp3) is 0.200. The molecule has 0 bridgehead atoms. The van der Waals surface area contributed by atoms with Crippen LogP contribution in [0, 0.1) is 11.8 Å². The Balaban J connectivity index is 0.000000679. The molecule has 0 spiro atoms. The summed E-state index contributed by atoms with van der Waals surface area (Å²) in [6.45, 7) is 4.00. The van der Waals surface area contributed by atoms with Crippen LogP contribution in [0.3, 0.4) is 0 Å². The lowest BCUT2D eigenvalue weighted by molar-refractivity contribution is 0.985. The third kappa shape index (κ3) is 2.21. The van der Waals surface area contributed by atoms with Gasteiger partial charge in [0, 0.05) is 0 Å². The molecule has 0 N–H and O–H groups in total. The van der Waals surface area contributed by atoms with E-state index >= 15 is 0 Å². The molecule has 0 amide bonds. The van der Waals surface area contributed by atoms with Gasteiger partial charge < -0.3 is 0 Å². The maximum atomic E-state index is 2.47. The van der Waals surface area contributed by atoms with Crippen LogP contribution in [0.4, 0.5) is 0 Å². The molecule has 0 heteroatoms. The van der Waals surface area contributed by atoms with Crippen LogP contribution in [0.2, 0.25) is 0 Å². The van der Waals surface area contributed by atoms with E-state index in [-0.39, 0.29) is 0 Å². The molecule has 0 heterocycles. The van der Waals surface area contributed by atoms with Crippen molar-refractivity contribution in [2.24, 2.45) is 11.8 Å². The van der Waals surface area contributed by atoms with Gasteiger partial charge in [0.15, 0.2) is 0 Å². The number of hydrogen-bond acceptors (Lipinski definition) is 0. The highest BCUT2D eigenvalue weighted by Crippen LogP contribution is 2.46. The fourth-order valence-electron chi connectivity index (χ4n) is 4.27. The molecule has 4 aromatic carbocycles. The first-order chi connectivity index (χ1) is 12.4. The number of rotatable bonds is 1. The van der Waals surface area contributed by atoms with E-state index in [1.165, 1.54) is 49.9 Å². The smallest absolute Gasteiger partial charge is 0.00264 e. The fourth-order valence-corrected chi connectivity index (χ4v) is 4.27. The maximum absolute atomic E-state index is 2.47. The highest BCUT2D eigenvalue weighted by atomic mass is 14.4. The van der Waals surface area contributed by atoms with E-state index < -0.39 is 0 Å². The largest absolute Gasteiger partial charge is 0.0802 e. The topological polar surface area (TPSA) is 0 Å². The van der Waals surface area contributed by atoms with Gasteiger partial charge in [0.05, 0.1) is 0 Å². The van der Waals surface area contributed by atoms with Crippen LogP contribution < -0.4 is 0 Å². The Hall–Kier alpha value is -2.60. The Morgan fingerprint density at radius 1 is 0.720 bits per heavy atom. The van der Waals surface area contributed by atoms with Gasteiger partial charge in [0.1, 0.15) is 0 Å². The normalized spacial score (nSPS) is 21.1. The molecule has 25 heavy (non-hydrogen) atoms. The highest BCUT2D eigenvalue weighted by Gasteiger charge is 2.35. The SMILES string of the molecule is C1=CC2CC2C=C1c1cc2ccc3cccc4ccc(c1)c2c34.CC. The highest BCUT2D eigenvalue weighted by molar-refractivity contribution is 6.23. The first-order valence-corrected chi connectivity index (χ1v) is 9.45. The molecule has 2 unspecified atom stereocenters. The predicted molar refractivity (Wildman–Crippen MR) is 110 cm³/mol. The van der Waals surface area contributed by atoms with Crippen LogP contribution in [0.25, 0.3) is 37.9 Å². The van der Waals surface area contributed by atoms with Crippen LogP contribution in [0.1, 0.15) is 25.8 Å². The second kappa shape index (κ2) is 5.46. The van der Waals surface area contributed by atoms with Gasteiger partial charge in [-0.1, -0.05) is 74.5 Å². The van der Waals surface area contributed by atoms with Crippen LogP contribution in [-0.2, 0) is 0 Å². The first-order valence-electron chi connectivity index (χ1n) is 9.45. The predicted octanol–water partition coefficient (Wildman–Crippen LogP) is 7.20. The van der Waals surface area contributed by atoms with Gasteiger partial charge in [-0.05, 0) is 73.8 Å². The Kier molecular flexibility index (Phi) is 3.21. The van der Waals surface area contributed by atoms with E-state index in [0.29, 0.717) is 0 Å². The van der Waals surface area contributed by atoms with E-state index in [0.717, 1.165) is 11.8 Å². The zero-order chi connectivity index (χ0) is 17.0. The molecule has 1 fully saturated rings. The average Bonchev–Trinajstić information content (AvgIpc) is 3.46. The van der Waals surface area contributed by atoms with E-state index in [9.17, 15) is 0 Å². The first kappa shape index (κ1) is 14.7. The van der Waals surface area contributed by atoms with Crippen molar-refractivity contribution in [3.05, 3.63) is 78.4 Å². The molecule has 0 aliphatic heterocycles. The minimum absolute atomic E-state index is 0.792. The minimum atomic E-state index is 0.792. The van der Waals surface area contributed by atoms with Crippen molar-refractivity contribution in [3.63, 3.8) is 0 Å². The van der Waals surface area contributed by atoms with Crippen molar-refractivity contribution >= 4 is 37.9 Å². The van der Waals surface area contributed by atoms with Crippen LogP contribution in [0.15, 0.2) is 72.8 Å². The third-order valence-electron chi connectivity index (χ3n) is 5.60. The molecule has 2 aliphatic carbocycles. The van der Waals surface area contributed by atoms with E-state index in [1.807, 2.05) is 13.8 Å². The van der Waals surface area contributed by atoms with Gasteiger partial charge in [-0.2, -0.15) is 0 Å². The monoisotopic (exact) mass is 322 g/mol. The third-order valence-corrected chi connectivity index (χ3v) is 5.60. The molecule has 1 saturated carbocycles. The van der Waals surface area contributed by atoms with E-state index in [4.69, 9.17) is 0 Å². The standard InChI is InChI=1S/C23H16.C2H6/c1-2-14-4-8-18-12-21(17-7-6-16-10-20(16)11-17)13-19-9-5-15(3-1)22(14)23(18)19;1-2/h1-9,11-13,16,20H,10H2;1-2H3. The molecule has 0 aromatic heterocycles. The Morgan fingerprint density at radius 3 is 1.96 bits per heavy atom. The molecule has 0 saturated heterocycles. The van der Waals surface area contributed by atoms with Crippen LogP contribution in [-0.4, -0.2) is 0 Å². The number of fused-ring (bicyclic) bond motifs is 1. The quantitative estimate of drug-likeness (QED) is 0.325. The molecular weight excluding hydrogens is 300 g/mol. The number of hydrogen-bond donors (Lipinski definition) is 0. The summed E-state index contributed by atoms with van der Waals surface area (Å²) in [6.07, 6.45) is 8.52. The molecule has 0 radical (unpaired) electrons. The molecule has 0 nitrogen and oxygen atoms in total. The van der Waals surface area contributed by atoms with Crippen molar-refractivity contribution < 1.29 is 0 Å². The van der Waals surface area contributed by atoms with Gasteiger partial charge in [0.2, 0.25) is 0 Å². The van der Waals surface area contributed by atoms with Gasteiger partial charge >= 0.3 is 0 Å². The summed E-state index contributed by atoms with van der Waals surface area (Å²) in [6, 6.07) is 20.4. The summed E-state index contributed by atoms with van der Waals surface area (Å²) in [5.74, 6) is 1.62. The van der Waals surface area contributed by atoms with Crippen LogP contribution >= 0.6 is 0 Å². The zero-order valence-corrected chi connectivity index (χ0v) is 14.8. The summed E-state index contributed by atoms with van der Waals surface area (Å²) in [7, 11) is 0. The average molecular weight is 322 g/mol.